The predicted molar refractivity (Wildman–Crippen MR) is 132 cm³/mol. The molecule has 2 fully saturated rings. The number of carbonyl (C=O) groups is 1. The highest BCUT2D eigenvalue weighted by atomic mass is 32.1. The van der Waals surface area contributed by atoms with Gasteiger partial charge in [0.1, 0.15) is 10.3 Å². The molecule has 4 heterocycles. The van der Waals surface area contributed by atoms with Gasteiger partial charge in [-0.25, -0.2) is 19.7 Å². The van der Waals surface area contributed by atoms with Gasteiger partial charge in [-0.2, -0.15) is 0 Å². The number of carbonyl (C=O) groups excluding carboxylic acids is 1. The summed E-state index contributed by atoms with van der Waals surface area (Å²) in [4.78, 5) is 29.1. The summed E-state index contributed by atoms with van der Waals surface area (Å²) >= 11 is 1.45. The molecule has 0 saturated carbocycles. The van der Waals surface area contributed by atoms with Gasteiger partial charge in [0.25, 0.3) is 0 Å². The summed E-state index contributed by atoms with van der Waals surface area (Å²) in [6.07, 6.45) is 2.94. The van der Waals surface area contributed by atoms with Gasteiger partial charge in [0, 0.05) is 30.0 Å². The van der Waals surface area contributed by atoms with Crippen LogP contribution in [0.4, 0.5) is 17.2 Å². The van der Waals surface area contributed by atoms with Crippen molar-refractivity contribution in [2.24, 2.45) is 0 Å². The van der Waals surface area contributed by atoms with E-state index in [9.17, 15) is 4.79 Å². The maximum atomic E-state index is 12.0. The van der Waals surface area contributed by atoms with Crippen LogP contribution in [0.1, 0.15) is 23.2 Å². The number of aromatic nitrogens is 3. The fraction of sp³-hybridized carbons (Fsp3) is 0.280. The number of fused-ring (bicyclic) bond motifs is 3. The fourth-order valence-corrected chi connectivity index (χ4v) is 5.28. The molecule has 2 aliphatic heterocycles. The molecule has 9 heteroatoms. The molecule has 0 amide bonds. The number of nitrogens with zero attached hydrogens (tertiary/aromatic N) is 4. The second-order valence-electron chi connectivity index (χ2n) is 8.51. The van der Waals surface area contributed by atoms with Crippen LogP contribution >= 0.6 is 11.3 Å². The van der Waals surface area contributed by atoms with Crippen molar-refractivity contribution in [3.8, 4) is 11.4 Å². The zero-order valence-electron chi connectivity index (χ0n) is 18.6. The molecular formula is C25H23N5O3S. The molecule has 2 atom stereocenters. The fourth-order valence-electron chi connectivity index (χ4n) is 4.62. The smallest absolute Gasteiger partial charge is 0.337 e. The van der Waals surface area contributed by atoms with Crippen LogP contribution in [0.25, 0.3) is 21.7 Å². The number of hydrogen-bond donors (Lipinski definition) is 1. The molecule has 34 heavy (non-hydrogen) atoms. The number of benzene rings is 2. The minimum atomic E-state index is -0.396. The van der Waals surface area contributed by atoms with Crippen LogP contribution in [0.3, 0.4) is 0 Å². The van der Waals surface area contributed by atoms with Gasteiger partial charge in [-0.05, 0) is 43.2 Å². The SMILES string of the molecule is COC(=O)c1cccc(-c2nc(Nc3cccc(N4CC5CCC(C4)O5)c3)c3ncsc3n2)c1. The second kappa shape index (κ2) is 8.66. The molecule has 0 spiro atoms. The van der Waals surface area contributed by atoms with E-state index in [4.69, 9.17) is 14.5 Å². The highest BCUT2D eigenvalue weighted by Crippen LogP contribution is 2.33. The first-order valence-corrected chi connectivity index (χ1v) is 12.1. The molecule has 2 unspecified atom stereocenters. The molecule has 0 aliphatic carbocycles. The third-order valence-electron chi connectivity index (χ3n) is 6.26. The van der Waals surface area contributed by atoms with E-state index < -0.39 is 5.97 Å². The van der Waals surface area contributed by atoms with Crippen molar-refractivity contribution in [2.45, 2.75) is 25.0 Å². The van der Waals surface area contributed by atoms with E-state index in [1.165, 1.54) is 24.1 Å². The Morgan fingerprint density at radius 3 is 2.76 bits per heavy atom. The Morgan fingerprint density at radius 1 is 1.12 bits per heavy atom. The third kappa shape index (κ3) is 3.97. The van der Waals surface area contributed by atoms with Crippen molar-refractivity contribution in [3.63, 3.8) is 0 Å². The van der Waals surface area contributed by atoms with Crippen LogP contribution in [0, 0.1) is 0 Å². The van der Waals surface area contributed by atoms with Crippen molar-refractivity contribution in [1.29, 1.82) is 0 Å². The number of morpholine rings is 1. The average molecular weight is 474 g/mol. The molecule has 8 nitrogen and oxygen atoms in total. The van der Waals surface area contributed by atoms with Crippen molar-refractivity contribution in [3.05, 3.63) is 59.6 Å². The van der Waals surface area contributed by atoms with Crippen LogP contribution in [0.15, 0.2) is 54.0 Å². The Kier molecular flexibility index (Phi) is 5.35. The van der Waals surface area contributed by atoms with E-state index in [-0.39, 0.29) is 0 Å². The molecular weight excluding hydrogens is 450 g/mol. The van der Waals surface area contributed by atoms with Gasteiger partial charge in [0.2, 0.25) is 0 Å². The highest BCUT2D eigenvalue weighted by molar-refractivity contribution is 7.16. The zero-order valence-corrected chi connectivity index (χ0v) is 19.4. The topological polar surface area (TPSA) is 89.5 Å². The summed E-state index contributed by atoms with van der Waals surface area (Å²) in [6.45, 7) is 1.84. The molecule has 2 aromatic carbocycles. The number of nitrogens with one attached hydrogen (secondary N) is 1. The first-order valence-electron chi connectivity index (χ1n) is 11.2. The lowest BCUT2D eigenvalue weighted by Crippen LogP contribution is -2.42. The first kappa shape index (κ1) is 21.0. The lowest BCUT2D eigenvalue weighted by Gasteiger charge is -2.34. The largest absolute Gasteiger partial charge is 0.465 e. The van der Waals surface area contributed by atoms with Gasteiger partial charge >= 0.3 is 5.97 Å². The van der Waals surface area contributed by atoms with Crippen LogP contribution < -0.4 is 10.2 Å². The molecule has 172 valence electrons. The quantitative estimate of drug-likeness (QED) is 0.419. The molecule has 2 aliphatic rings. The Labute approximate surface area is 200 Å². The van der Waals surface area contributed by atoms with E-state index in [0.717, 1.165) is 42.0 Å². The lowest BCUT2D eigenvalue weighted by atomic mass is 10.1. The minimum Gasteiger partial charge on any atom is -0.465 e. The molecule has 4 aromatic rings. The van der Waals surface area contributed by atoms with E-state index in [1.54, 1.807) is 23.7 Å². The monoisotopic (exact) mass is 473 g/mol. The van der Waals surface area contributed by atoms with Gasteiger partial charge in [-0.3, -0.25) is 0 Å². The molecule has 0 radical (unpaired) electrons. The number of methoxy groups -OCH3 is 1. The van der Waals surface area contributed by atoms with Crippen LogP contribution in [-0.4, -0.2) is 53.3 Å². The van der Waals surface area contributed by atoms with Gasteiger partial charge in [0.15, 0.2) is 11.6 Å². The number of ether oxygens (including phenoxy) is 2. The van der Waals surface area contributed by atoms with E-state index in [2.05, 4.69) is 38.4 Å². The van der Waals surface area contributed by atoms with Gasteiger partial charge in [0.05, 0.1) is 30.4 Å². The Bertz CT molecular complexity index is 1360. The molecule has 2 bridgehead atoms. The predicted octanol–water partition coefficient (Wildman–Crippen LogP) is 4.65. The molecule has 2 aromatic heterocycles. The van der Waals surface area contributed by atoms with Crippen molar-refractivity contribution < 1.29 is 14.3 Å². The molecule has 1 N–H and O–H groups in total. The summed E-state index contributed by atoms with van der Waals surface area (Å²) in [5, 5.41) is 3.45. The number of rotatable bonds is 5. The molecule has 6 rings (SSSR count). The standard InChI is InChI=1S/C25H23N5O3S/c1-32-25(31)16-5-2-4-15(10-16)22-28-23(21-24(29-22)34-14-26-21)27-17-6-3-7-18(11-17)30-12-19-8-9-20(13-30)33-19/h2-7,10-11,14,19-20H,8-9,12-13H2,1H3,(H,27,28,29). The number of thiazole rings is 1. The van der Waals surface area contributed by atoms with Crippen molar-refractivity contribution >= 4 is 44.8 Å². The summed E-state index contributed by atoms with van der Waals surface area (Å²) < 4.78 is 10.8. The van der Waals surface area contributed by atoms with Crippen LogP contribution in [0.5, 0.6) is 0 Å². The maximum Gasteiger partial charge on any atom is 0.337 e. The summed E-state index contributed by atoms with van der Waals surface area (Å²) in [7, 11) is 1.37. The number of anilines is 3. The van der Waals surface area contributed by atoms with Crippen LogP contribution in [0.2, 0.25) is 0 Å². The third-order valence-corrected chi connectivity index (χ3v) is 6.98. The number of hydrogen-bond acceptors (Lipinski definition) is 9. The van der Waals surface area contributed by atoms with Gasteiger partial charge in [-0.1, -0.05) is 18.2 Å². The molecule has 2 saturated heterocycles. The Balaban J connectivity index is 1.33. The minimum absolute atomic E-state index is 0.329. The summed E-state index contributed by atoms with van der Waals surface area (Å²) in [5.41, 5.74) is 5.76. The normalized spacial score (nSPS) is 19.4. The van der Waals surface area contributed by atoms with Gasteiger partial charge in [-0.15, -0.1) is 11.3 Å². The highest BCUT2D eigenvalue weighted by Gasteiger charge is 2.33. The van der Waals surface area contributed by atoms with Crippen molar-refractivity contribution in [2.75, 3.05) is 30.4 Å². The zero-order chi connectivity index (χ0) is 23.1. The summed E-state index contributed by atoms with van der Waals surface area (Å²) in [6, 6.07) is 15.5. The van der Waals surface area contributed by atoms with Crippen molar-refractivity contribution in [1.82, 2.24) is 15.0 Å². The Morgan fingerprint density at radius 2 is 1.94 bits per heavy atom. The Hall–Kier alpha value is -3.56. The van der Waals surface area contributed by atoms with E-state index in [0.29, 0.717) is 34.9 Å². The first-order chi connectivity index (χ1) is 16.7. The van der Waals surface area contributed by atoms with Gasteiger partial charge < -0.3 is 19.7 Å². The lowest BCUT2D eigenvalue weighted by molar-refractivity contribution is 0.0305. The van der Waals surface area contributed by atoms with E-state index >= 15 is 0 Å². The maximum absolute atomic E-state index is 12.0. The van der Waals surface area contributed by atoms with Crippen LogP contribution in [-0.2, 0) is 9.47 Å². The number of esters is 1. The summed E-state index contributed by atoms with van der Waals surface area (Å²) in [5.74, 6) is 0.752. The van der Waals surface area contributed by atoms with E-state index in [1.807, 2.05) is 12.1 Å². The average Bonchev–Trinajstić information content (AvgIpc) is 3.49. The second-order valence-corrected chi connectivity index (χ2v) is 9.35.